The van der Waals surface area contributed by atoms with Crippen LogP contribution in [0.5, 0.6) is 0 Å². The lowest BCUT2D eigenvalue weighted by Gasteiger charge is -2.11. The highest BCUT2D eigenvalue weighted by atomic mass is 32.2. The Kier molecular flexibility index (Phi) is 4.85. The Morgan fingerprint density at radius 3 is 2.54 bits per heavy atom. The van der Waals surface area contributed by atoms with Gasteiger partial charge >= 0.3 is 0 Å². The molecule has 0 aliphatic heterocycles. The minimum atomic E-state index is -2.49. The Morgan fingerprint density at radius 2 is 1.88 bits per heavy atom. The van der Waals surface area contributed by atoms with E-state index in [1.165, 1.54) is 41.6 Å². The fourth-order valence-corrected chi connectivity index (χ4v) is 2.59. The molecule has 0 aliphatic carbocycles. The molecule has 0 aliphatic rings. The Morgan fingerprint density at radius 1 is 1.12 bits per heavy atom. The molecule has 1 heterocycles. The third kappa shape index (κ3) is 3.77. The summed E-state index contributed by atoms with van der Waals surface area (Å²) >= 11 is 0.440. The number of hydrogen-bond donors (Lipinski definition) is 1. The van der Waals surface area contributed by atoms with Crippen LogP contribution >= 0.6 is 11.8 Å². The van der Waals surface area contributed by atoms with Gasteiger partial charge in [-0.2, -0.15) is 13.9 Å². The minimum Gasteiger partial charge on any atom is -0.320 e. The van der Waals surface area contributed by atoms with E-state index >= 15 is 0 Å². The predicted molar refractivity (Wildman–Crippen MR) is 87.6 cm³/mol. The number of carbonyl (C=O) groups is 1. The lowest BCUT2D eigenvalue weighted by atomic mass is 10.2. The second kappa shape index (κ2) is 7.22. The van der Waals surface area contributed by atoms with Crippen LogP contribution in [0.25, 0.3) is 5.69 Å². The first-order valence-electron chi connectivity index (χ1n) is 6.94. The topological polar surface area (TPSA) is 59.8 Å². The van der Waals surface area contributed by atoms with Crippen LogP contribution in [-0.2, 0) is 0 Å². The Labute approximate surface area is 140 Å². The summed E-state index contributed by atoms with van der Waals surface area (Å²) < 4.78 is 26.2. The van der Waals surface area contributed by atoms with E-state index in [-0.39, 0.29) is 5.91 Å². The maximum atomic E-state index is 12.4. The molecule has 3 aromatic rings. The van der Waals surface area contributed by atoms with Crippen LogP contribution in [0.2, 0.25) is 0 Å². The second-order valence-corrected chi connectivity index (χ2v) is 5.78. The lowest BCUT2D eigenvalue weighted by molar-refractivity contribution is 0.102. The highest BCUT2D eigenvalue weighted by Crippen LogP contribution is 2.25. The van der Waals surface area contributed by atoms with Crippen molar-refractivity contribution in [1.82, 2.24) is 14.8 Å². The smallest absolute Gasteiger partial charge is 0.288 e. The third-order valence-corrected chi connectivity index (χ3v) is 3.88. The first-order valence-corrected chi connectivity index (χ1v) is 7.82. The maximum Gasteiger partial charge on any atom is 0.288 e. The van der Waals surface area contributed by atoms with Crippen molar-refractivity contribution >= 4 is 23.4 Å². The van der Waals surface area contributed by atoms with Crippen molar-refractivity contribution in [3.63, 3.8) is 0 Å². The third-order valence-electron chi connectivity index (χ3n) is 3.16. The van der Waals surface area contributed by atoms with E-state index < -0.39 is 5.76 Å². The quantitative estimate of drug-likeness (QED) is 0.713. The lowest BCUT2D eigenvalue weighted by Crippen LogP contribution is -2.13. The largest absolute Gasteiger partial charge is 0.320 e. The monoisotopic (exact) mass is 346 g/mol. The van der Waals surface area contributed by atoms with Crippen LogP contribution in [0.1, 0.15) is 10.4 Å². The molecule has 0 bridgehead atoms. The normalized spacial score (nSPS) is 10.8. The summed E-state index contributed by atoms with van der Waals surface area (Å²) in [7, 11) is 0. The van der Waals surface area contributed by atoms with Crippen LogP contribution in [-0.4, -0.2) is 26.4 Å². The summed E-state index contributed by atoms with van der Waals surface area (Å²) in [6, 6.07) is 13.2. The highest BCUT2D eigenvalue weighted by Gasteiger charge is 2.11. The summed E-state index contributed by atoms with van der Waals surface area (Å²) in [6.07, 6.45) is 2.93. The molecule has 24 heavy (non-hydrogen) atoms. The van der Waals surface area contributed by atoms with Gasteiger partial charge in [0.1, 0.15) is 12.7 Å². The standard InChI is InChI=1S/C16H12F2N4OS/c17-16(18)24-12-7-5-11(6-8-12)15(23)21-13-3-1-2-4-14(13)22-10-19-9-20-22/h1-10,16H,(H,21,23). The van der Waals surface area contributed by atoms with Crippen LogP contribution < -0.4 is 5.32 Å². The summed E-state index contributed by atoms with van der Waals surface area (Å²) in [5, 5.41) is 6.84. The molecule has 0 saturated heterocycles. The molecule has 5 nitrogen and oxygen atoms in total. The van der Waals surface area contributed by atoms with Crippen LogP contribution in [0, 0.1) is 0 Å². The molecule has 8 heteroatoms. The second-order valence-electron chi connectivity index (χ2n) is 4.71. The number of halogens is 2. The van der Waals surface area contributed by atoms with Crippen molar-refractivity contribution in [1.29, 1.82) is 0 Å². The van der Waals surface area contributed by atoms with E-state index in [1.807, 2.05) is 6.07 Å². The van der Waals surface area contributed by atoms with Gasteiger partial charge in [0.25, 0.3) is 11.7 Å². The van der Waals surface area contributed by atoms with E-state index in [0.717, 1.165) is 0 Å². The molecular weight excluding hydrogens is 334 g/mol. The molecule has 1 aromatic heterocycles. The van der Waals surface area contributed by atoms with Crippen LogP contribution in [0.3, 0.4) is 0 Å². The molecule has 0 spiro atoms. The zero-order valence-electron chi connectivity index (χ0n) is 12.3. The molecule has 0 radical (unpaired) electrons. The fraction of sp³-hybridized carbons (Fsp3) is 0.0625. The Bertz CT molecular complexity index is 822. The first-order chi connectivity index (χ1) is 11.6. The number of carbonyl (C=O) groups excluding carboxylic acids is 1. The summed E-state index contributed by atoms with van der Waals surface area (Å²) in [6.45, 7) is 0. The molecule has 0 unspecified atom stereocenters. The van der Waals surface area contributed by atoms with E-state index in [2.05, 4.69) is 15.4 Å². The molecule has 0 atom stereocenters. The van der Waals surface area contributed by atoms with Gasteiger partial charge in [-0.15, -0.1) is 0 Å². The summed E-state index contributed by atoms with van der Waals surface area (Å²) in [5.74, 6) is -2.82. The molecule has 122 valence electrons. The van der Waals surface area contributed by atoms with E-state index in [9.17, 15) is 13.6 Å². The van der Waals surface area contributed by atoms with Gasteiger partial charge in [-0.25, -0.2) is 9.67 Å². The number of benzene rings is 2. The fourth-order valence-electron chi connectivity index (χ4n) is 2.09. The van der Waals surface area contributed by atoms with Crippen molar-refractivity contribution in [2.45, 2.75) is 10.7 Å². The maximum absolute atomic E-state index is 12.4. The van der Waals surface area contributed by atoms with Crippen molar-refractivity contribution in [3.8, 4) is 5.69 Å². The van der Waals surface area contributed by atoms with E-state index in [4.69, 9.17) is 0 Å². The number of anilines is 1. The van der Waals surface area contributed by atoms with E-state index in [0.29, 0.717) is 33.6 Å². The number of para-hydroxylation sites is 2. The zero-order chi connectivity index (χ0) is 16.9. The Hall–Kier alpha value is -2.74. The van der Waals surface area contributed by atoms with Crippen LogP contribution in [0.4, 0.5) is 14.5 Å². The molecule has 2 aromatic carbocycles. The minimum absolute atomic E-state index is 0.337. The SMILES string of the molecule is O=C(Nc1ccccc1-n1cncn1)c1ccc(SC(F)F)cc1. The van der Waals surface area contributed by atoms with E-state index in [1.54, 1.807) is 18.2 Å². The van der Waals surface area contributed by atoms with Crippen molar-refractivity contribution in [3.05, 3.63) is 66.7 Å². The van der Waals surface area contributed by atoms with Gasteiger partial charge in [0.15, 0.2) is 0 Å². The van der Waals surface area contributed by atoms with Gasteiger partial charge in [0.2, 0.25) is 0 Å². The number of aromatic nitrogens is 3. The number of nitrogens with one attached hydrogen (secondary N) is 1. The van der Waals surface area contributed by atoms with Gasteiger partial charge in [0.05, 0.1) is 11.4 Å². The first kappa shape index (κ1) is 16.1. The number of alkyl halides is 2. The van der Waals surface area contributed by atoms with Gasteiger partial charge in [-0.05, 0) is 36.4 Å². The Balaban J connectivity index is 1.78. The number of nitrogens with zero attached hydrogens (tertiary/aromatic N) is 3. The van der Waals surface area contributed by atoms with Gasteiger partial charge in [-0.1, -0.05) is 23.9 Å². The molecule has 0 saturated carbocycles. The number of amides is 1. The number of thioether (sulfide) groups is 1. The zero-order valence-corrected chi connectivity index (χ0v) is 13.1. The van der Waals surface area contributed by atoms with Crippen molar-refractivity contribution in [2.75, 3.05) is 5.32 Å². The molecule has 3 rings (SSSR count). The summed E-state index contributed by atoms with van der Waals surface area (Å²) in [4.78, 5) is 16.7. The van der Waals surface area contributed by atoms with Gasteiger partial charge in [0, 0.05) is 10.5 Å². The summed E-state index contributed by atoms with van der Waals surface area (Å²) in [5.41, 5.74) is 1.62. The average Bonchev–Trinajstić information content (AvgIpc) is 3.10. The highest BCUT2D eigenvalue weighted by molar-refractivity contribution is 7.99. The van der Waals surface area contributed by atoms with Crippen LogP contribution in [0.15, 0.2) is 66.1 Å². The predicted octanol–water partition coefficient (Wildman–Crippen LogP) is 3.83. The van der Waals surface area contributed by atoms with Crippen molar-refractivity contribution < 1.29 is 13.6 Å². The average molecular weight is 346 g/mol. The molecule has 0 fully saturated rings. The molecule has 1 N–H and O–H groups in total. The van der Waals surface area contributed by atoms with Gasteiger partial charge < -0.3 is 5.32 Å². The van der Waals surface area contributed by atoms with Crippen molar-refractivity contribution in [2.24, 2.45) is 0 Å². The molecule has 1 amide bonds. The van der Waals surface area contributed by atoms with Gasteiger partial charge in [-0.3, -0.25) is 4.79 Å². The molecular formula is C16H12F2N4OS. The number of rotatable bonds is 5. The number of hydrogen-bond acceptors (Lipinski definition) is 4.